The smallest absolute Gasteiger partial charge is 0.191 e. The molecule has 2 aliphatic heterocycles. The van der Waals surface area contributed by atoms with E-state index in [0.717, 1.165) is 31.0 Å². The molecule has 0 aromatic rings. The highest BCUT2D eigenvalue weighted by molar-refractivity contribution is 8.00. The zero-order chi connectivity index (χ0) is 14.7. The molecule has 2 unspecified atom stereocenters. The van der Waals surface area contributed by atoms with Crippen molar-refractivity contribution in [3.8, 4) is 0 Å². The van der Waals surface area contributed by atoms with Crippen molar-refractivity contribution in [1.82, 2.24) is 15.5 Å². The summed E-state index contributed by atoms with van der Waals surface area (Å²) < 4.78 is 0.397. The summed E-state index contributed by atoms with van der Waals surface area (Å²) in [5.41, 5.74) is 0. The first-order valence-corrected chi connectivity index (χ1v) is 9.50. The lowest BCUT2D eigenvalue weighted by atomic mass is 10.1. The first-order chi connectivity index (χ1) is 10.2. The molecule has 2 atom stereocenters. The van der Waals surface area contributed by atoms with Gasteiger partial charge in [0.2, 0.25) is 0 Å². The average molecular weight is 311 g/mol. The predicted octanol–water partition coefficient (Wildman–Crippen LogP) is 1.92. The average Bonchev–Trinajstić information content (AvgIpc) is 3.07. The molecule has 2 heterocycles. The van der Waals surface area contributed by atoms with Crippen LogP contribution in [0.2, 0.25) is 0 Å². The van der Waals surface area contributed by atoms with E-state index in [-0.39, 0.29) is 0 Å². The minimum absolute atomic E-state index is 0.397. The number of aliphatic imine (C=N–C) groups is 1. The van der Waals surface area contributed by atoms with Crippen LogP contribution in [0.4, 0.5) is 0 Å². The molecule has 0 radical (unpaired) electrons. The molecule has 0 amide bonds. The highest BCUT2D eigenvalue weighted by Gasteiger charge is 2.34. The van der Waals surface area contributed by atoms with Crippen LogP contribution in [0.5, 0.6) is 0 Å². The third-order valence-corrected chi connectivity index (χ3v) is 6.63. The Balaban J connectivity index is 1.36. The van der Waals surface area contributed by atoms with Crippen molar-refractivity contribution in [2.24, 2.45) is 10.9 Å². The summed E-state index contributed by atoms with van der Waals surface area (Å²) in [7, 11) is 1.88. The maximum atomic E-state index is 4.38. The zero-order valence-corrected chi connectivity index (χ0v) is 14.3. The van der Waals surface area contributed by atoms with Crippen molar-refractivity contribution < 1.29 is 0 Å². The van der Waals surface area contributed by atoms with Gasteiger partial charge in [0, 0.05) is 37.5 Å². The lowest BCUT2D eigenvalue weighted by molar-refractivity contribution is 0.314. The monoisotopic (exact) mass is 310 g/mol. The normalized spacial score (nSPS) is 34.4. The van der Waals surface area contributed by atoms with Crippen LogP contribution >= 0.6 is 11.8 Å². The molecule has 3 aliphatic rings. The maximum absolute atomic E-state index is 4.38. The van der Waals surface area contributed by atoms with E-state index >= 15 is 0 Å². The number of hydrogen-bond acceptors (Lipinski definition) is 3. The van der Waals surface area contributed by atoms with Crippen LogP contribution in [-0.2, 0) is 0 Å². The van der Waals surface area contributed by atoms with Crippen LogP contribution < -0.4 is 10.6 Å². The summed E-state index contributed by atoms with van der Waals surface area (Å²) in [5, 5.41) is 7.06. The van der Waals surface area contributed by atoms with Crippen LogP contribution in [-0.4, -0.2) is 60.6 Å². The Kier molecular flexibility index (Phi) is 4.99. The number of nitrogens with one attached hydrogen (secondary N) is 2. The molecule has 0 bridgehead atoms. The Labute approximate surface area is 133 Å². The van der Waals surface area contributed by atoms with Crippen LogP contribution in [0.15, 0.2) is 4.99 Å². The molecular weight excluding hydrogens is 280 g/mol. The van der Waals surface area contributed by atoms with Gasteiger partial charge in [0.1, 0.15) is 0 Å². The molecule has 1 saturated carbocycles. The standard InChI is InChI=1S/C16H30N4S/c1-16(7-3-9-21-16)12-19-15(17-2)18-10-13-6-8-20(11-13)14-4-5-14/h13-14H,3-12H2,1-2H3,(H2,17,18,19). The molecule has 0 aromatic carbocycles. The summed E-state index contributed by atoms with van der Waals surface area (Å²) in [6.07, 6.45) is 6.88. The number of nitrogens with zero attached hydrogens (tertiary/aromatic N) is 2. The van der Waals surface area contributed by atoms with Gasteiger partial charge in [-0.1, -0.05) is 0 Å². The molecule has 3 fully saturated rings. The maximum Gasteiger partial charge on any atom is 0.191 e. The van der Waals surface area contributed by atoms with E-state index in [0.29, 0.717) is 4.75 Å². The fourth-order valence-electron chi connectivity index (χ4n) is 3.51. The second-order valence-electron chi connectivity index (χ2n) is 7.09. The third kappa shape index (κ3) is 4.28. The van der Waals surface area contributed by atoms with E-state index in [1.54, 1.807) is 0 Å². The Bertz CT molecular complexity index is 374. The van der Waals surface area contributed by atoms with Crippen LogP contribution in [0.3, 0.4) is 0 Å². The number of hydrogen-bond donors (Lipinski definition) is 2. The van der Waals surface area contributed by atoms with E-state index in [1.165, 1.54) is 50.9 Å². The van der Waals surface area contributed by atoms with Crippen molar-refractivity contribution in [3.63, 3.8) is 0 Å². The van der Waals surface area contributed by atoms with Crippen LogP contribution in [0.25, 0.3) is 0 Å². The van der Waals surface area contributed by atoms with Gasteiger partial charge in [-0.3, -0.25) is 4.99 Å². The third-order valence-electron chi connectivity index (χ3n) is 5.09. The van der Waals surface area contributed by atoms with Crippen molar-refractivity contribution in [1.29, 1.82) is 0 Å². The van der Waals surface area contributed by atoms with Crippen molar-refractivity contribution in [2.45, 2.75) is 49.8 Å². The molecule has 1 aliphatic carbocycles. The largest absolute Gasteiger partial charge is 0.356 e. The van der Waals surface area contributed by atoms with Gasteiger partial charge in [0.05, 0.1) is 0 Å². The minimum atomic E-state index is 0.397. The van der Waals surface area contributed by atoms with Crippen LogP contribution in [0.1, 0.15) is 39.0 Å². The van der Waals surface area contributed by atoms with Gasteiger partial charge in [-0.25, -0.2) is 0 Å². The predicted molar refractivity (Wildman–Crippen MR) is 92.2 cm³/mol. The number of rotatable bonds is 5. The SMILES string of the molecule is CN=C(NCC1CCN(C2CC2)C1)NCC1(C)CCCS1. The van der Waals surface area contributed by atoms with Gasteiger partial charge >= 0.3 is 0 Å². The Morgan fingerprint density at radius 2 is 2.19 bits per heavy atom. The van der Waals surface area contributed by atoms with Crippen LogP contribution in [0, 0.1) is 5.92 Å². The molecule has 0 aromatic heterocycles. The van der Waals surface area contributed by atoms with E-state index in [9.17, 15) is 0 Å². The minimum Gasteiger partial charge on any atom is -0.356 e. The molecule has 21 heavy (non-hydrogen) atoms. The van der Waals surface area contributed by atoms with Gasteiger partial charge in [0.25, 0.3) is 0 Å². The molecule has 2 N–H and O–H groups in total. The first-order valence-electron chi connectivity index (χ1n) is 8.51. The molecule has 2 saturated heterocycles. The molecular formula is C16H30N4S. The molecule has 120 valence electrons. The lowest BCUT2D eigenvalue weighted by Crippen LogP contribution is -2.45. The van der Waals surface area contributed by atoms with E-state index in [2.05, 4.69) is 39.2 Å². The van der Waals surface area contributed by atoms with Crippen molar-refractivity contribution >= 4 is 17.7 Å². The fourth-order valence-corrected chi connectivity index (χ4v) is 4.75. The summed E-state index contributed by atoms with van der Waals surface area (Å²) in [4.78, 5) is 7.06. The Hall–Kier alpha value is -0.420. The van der Waals surface area contributed by atoms with E-state index < -0.39 is 0 Å². The summed E-state index contributed by atoms with van der Waals surface area (Å²) in [6, 6.07) is 0.923. The summed E-state index contributed by atoms with van der Waals surface area (Å²) in [5.74, 6) is 3.08. The number of likely N-dealkylation sites (tertiary alicyclic amines) is 1. The van der Waals surface area contributed by atoms with Gasteiger partial charge in [-0.05, 0) is 57.2 Å². The number of guanidine groups is 1. The fraction of sp³-hybridized carbons (Fsp3) is 0.938. The van der Waals surface area contributed by atoms with Gasteiger partial charge < -0.3 is 15.5 Å². The van der Waals surface area contributed by atoms with E-state index in [1.807, 2.05) is 7.05 Å². The quantitative estimate of drug-likeness (QED) is 0.601. The lowest BCUT2D eigenvalue weighted by Gasteiger charge is -2.24. The highest BCUT2D eigenvalue weighted by Crippen LogP contribution is 2.37. The molecule has 0 spiro atoms. The Morgan fingerprint density at radius 3 is 2.86 bits per heavy atom. The summed E-state index contributed by atoms with van der Waals surface area (Å²) >= 11 is 2.10. The Morgan fingerprint density at radius 1 is 1.33 bits per heavy atom. The second kappa shape index (κ2) is 6.78. The molecule has 3 rings (SSSR count). The van der Waals surface area contributed by atoms with Gasteiger partial charge in [-0.2, -0.15) is 11.8 Å². The molecule has 5 heteroatoms. The zero-order valence-electron chi connectivity index (χ0n) is 13.5. The van der Waals surface area contributed by atoms with E-state index in [4.69, 9.17) is 0 Å². The number of thioether (sulfide) groups is 1. The van der Waals surface area contributed by atoms with Gasteiger partial charge in [-0.15, -0.1) is 0 Å². The first kappa shape index (κ1) is 15.5. The highest BCUT2D eigenvalue weighted by atomic mass is 32.2. The van der Waals surface area contributed by atoms with Crippen molar-refractivity contribution in [2.75, 3.05) is 39.0 Å². The van der Waals surface area contributed by atoms with Crippen molar-refractivity contribution in [3.05, 3.63) is 0 Å². The second-order valence-corrected chi connectivity index (χ2v) is 8.77. The summed E-state index contributed by atoms with van der Waals surface area (Å²) in [6.45, 7) is 7.04. The topological polar surface area (TPSA) is 39.7 Å². The molecule has 4 nitrogen and oxygen atoms in total. The van der Waals surface area contributed by atoms with Gasteiger partial charge in [0.15, 0.2) is 5.96 Å².